The van der Waals surface area contributed by atoms with Gasteiger partial charge in [0, 0.05) is 24.4 Å². The summed E-state index contributed by atoms with van der Waals surface area (Å²) in [4.78, 5) is 15.4. The number of hydrogen-bond acceptors (Lipinski definition) is 4. The van der Waals surface area contributed by atoms with Crippen LogP contribution < -0.4 is 11.1 Å². The molecule has 1 atom stereocenters. The van der Waals surface area contributed by atoms with Crippen molar-refractivity contribution < 1.29 is 9.00 Å². The van der Waals surface area contributed by atoms with Crippen molar-refractivity contribution in [3.63, 3.8) is 0 Å². The summed E-state index contributed by atoms with van der Waals surface area (Å²) >= 11 is 0. The number of nitrogens with two attached hydrogens (primary N) is 1. The van der Waals surface area contributed by atoms with E-state index in [2.05, 4.69) is 10.3 Å². The normalized spacial score (nSPS) is 16.5. The van der Waals surface area contributed by atoms with Crippen molar-refractivity contribution in [2.45, 2.75) is 30.3 Å². The van der Waals surface area contributed by atoms with Crippen molar-refractivity contribution in [2.24, 2.45) is 0 Å². The second kappa shape index (κ2) is 5.27. The summed E-state index contributed by atoms with van der Waals surface area (Å²) in [5, 5.41) is 3.22. The number of hydrogen-bond donors (Lipinski definition) is 2. The standard InChI is InChI=1S/C11H15N3O2S/c12-9-2-1-6-13-11(9)17(16)7-5-10(15)14-8-3-4-8/h1-2,6,8H,3-5,7,12H2,(H,14,15). The minimum absolute atomic E-state index is 0.0460. The molecule has 1 heterocycles. The molecule has 2 rings (SSSR count). The number of rotatable bonds is 5. The first kappa shape index (κ1) is 12.0. The van der Waals surface area contributed by atoms with Gasteiger partial charge in [-0.15, -0.1) is 0 Å². The van der Waals surface area contributed by atoms with Crippen LogP contribution in [0.3, 0.4) is 0 Å². The Morgan fingerprint density at radius 3 is 3.00 bits per heavy atom. The van der Waals surface area contributed by atoms with Crippen LogP contribution in [0.15, 0.2) is 23.4 Å². The number of amides is 1. The molecule has 1 saturated carbocycles. The molecular formula is C11H15N3O2S. The molecule has 1 aliphatic rings. The number of nitrogen functional groups attached to an aromatic ring is 1. The molecule has 0 aliphatic heterocycles. The zero-order valence-electron chi connectivity index (χ0n) is 9.39. The Morgan fingerprint density at radius 2 is 2.35 bits per heavy atom. The summed E-state index contributed by atoms with van der Waals surface area (Å²) in [5.41, 5.74) is 6.07. The van der Waals surface area contributed by atoms with Crippen LogP contribution in [0.4, 0.5) is 5.69 Å². The quantitative estimate of drug-likeness (QED) is 0.797. The lowest BCUT2D eigenvalue weighted by Gasteiger charge is -2.05. The van der Waals surface area contributed by atoms with Crippen LogP contribution in [0, 0.1) is 0 Å². The number of aromatic nitrogens is 1. The third-order valence-corrected chi connectivity index (χ3v) is 3.82. The van der Waals surface area contributed by atoms with Crippen LogP contribution in [0.25, 0.3) is 0 Å². The predicted octanol–water partition coefficient (Wildman–Crippen LogP) is 0.440. The highest BCUT2D eigenvalue weighted by Gasteiger charge is 2.23. The minimum Gasteiger partial charge on any atom is -0.396 e. The molecule has 1 aromatic heterocycles. The van der Waals surface area contributed by atoms with E-state index in [1.807, 2.05) is 0 Å². The molecule has 5 nitrogen and oxygen atoms in total. The lowest BCUT2D eigenvalue weighted by Crippen LogP contribution is -2.26. The molecule has 0 saturated heterocycles. The van der Waals surface area contributed by atoms with Crippen LogP contribution in [0.1, 0.15) is 19.3 Å². The van der Waals surface area contributed by atoms with Gasteiger partial charge < -0.3 is 11.1 Å². The molecular weight excluding hydrogens is 238 g/mol. The zero-order chi connectivity index (χ0) is 12.3. The fourth-order valence-electron chi connectivity index (χ4n) is 1.40. The summed E-state index contributed by atoms with van der Waals surface area (Å²) in [5.74, 6) is 0.218. The van der Waals surface area contributed by atoms with Gasteiger partial charge in [-0.3, -0.25) is 9.00 Å². The summed E-state index contributed by atoms with van der Waals surface area (Å²) < 4.78 is 11.9. The van der Waals surface area contributed by atoms with E-state index in [9.17, 15) is 9.00 Å². The van der Waals surface area contributed by atoms with Gasteiger partial charge in [0.1, 0.15) is 5.03 Å². The molecule has 1 aromatic rings. The van der Waals surface area contributed by atoms with Crippen molar-refractivity contribution in [1.82, 2.24) is 10.3 Å². The fourth-order valence-corrected chi connectivity index (χ4v) is 2.48. The number of nitrogens with zero attached hydrogens (tertiary/aromatic N) is 1. The molecule has 1 fully saturated rings. The van der Waals surface area contributed by atoms with Crippen molar-refractivity contribution in [2.75, 3.05) is 11.5 Å². The van der Waals surface area contributed by atoms with Gasteiger partial charge in [-0.25, -0.2) is 4.98 Å². The SMILES string of the molecule is Nc1cccnc1S(=O)CCC(=O)NC1CC1. The van der Waals surface area contributed by atoms with Crippen LogP contribution in [-0.2, 0) is 15.6 Å². The maximum absolute atomic E-state index is 11.9. The van der Waals surface area contributed by atoms with Gasteiger partial charge in [-0.1, -0.05) is 0 Å². The summed E-state index contributed by atoms with van der Waals surface area (Å²) in [6, 6.07) is 3.69. The highest BCUT2D eigenvalue weighted by Crippen LogP contribution is 2.19. The zero-order valence-corrected chi connectivity index (χ0v) is 10.2. The van der Waals surface area contributed by atoms with E-state index in [-0.39, 0.29) is 18.1 Å². The highest BCUT2D eigenvalue weighted by molar-refractivity contribution is 7.85. The Hall–Kier alpha value is -1.43. The van der Waals surface area contributed by atoms with E-state index in [1.165, 1.54) is 0 Å². The molecule has 0 bridgehead atoms. The summed E-state index contributed by atoms with van der Waals surface area (Å²) in [6.07, 6.45) is 3.91. The molecule has 92 valence electrons. The van der Waals surface area contributed by atoms with Gasteiger partial charge in [0.05, 0.1) is 16.5 Å². The molecule has 1 aliphatic carbocycles. The predicted molar refractivity (Wildman–Crippen MR) is 65.7 cm³/mol. The second-order valence-electron chi connectivity index (χ2n) is 4.04. The van der Waals surface area contributed by atoms with Crippen LogP contribution in [-0.4, -0.2) is 26.9 Å². The number of carbonyl (C=O) groups excluding carboxylic acids is 1. The first-order valence-electron chi connectivity index (χ1n) is 5.55. The highest BCUT2D eigenvalue weighted by atomic mass is 32.2. The van der Waals surface area contributed by atoms with Gasteiger partial charge >= 0.3 is 0 Å². The van der Waals surface area contributed by atoms with E-state index in [4.69, 9.17) is 5.73 Å². The van der Waals surface area contributed by atoms with Gasteiger partial charge in [-0.05, 0) is 25.0 Å². The van der Waals surface area contributed by atoms with E-state index in [0.717, 1.165) is 12.8 Å². The van der Waals surface area contributed by atoms with Crippen LogP contribution in [0.2, 0.25) is 0 Å². The molecule has 17 heavy (non-hydrogen) atoms. The Balaban J connectivity index is 1.84. The van der Waals surface area contributed by atoms with Gasteiger partial charge in [0.2, 0.25) is 5.91 Å². The van der Waals surface area contributed by atoms with Crippen LogP contribution in [0.5, 0.6) is 0 Å². The molecule has 1 unspecified atom stereocenters. The van der Waals surface area contributed by atoms with E-state index >= 15 is 0 Å². The number of pyridine rings is 1. The van der Waals surface area contributed by atoms with Gasteiger partial charge in [0.25, 0.3) is 0 Å². The van der Waals surface area contributed by atoms with E-state index in [0.29, 0.717) is 16.8 Å². The lowest BCUT2D eigenvalue weighted by molar-refractivity contribution is -0.120. The molecule has 3 N–H and O–H groups in total. The average molecular weight is 253 g/mol. The van der Waals surface area contributed by atoms with Gasteiger partial charge in [0.15, 0.2) is 0 Å². The number of nitrogens with one attached hydrogen (secondary N) is 1. The number of carbonyl (C=O) groups is 1. The van der Waals surface area contributed by atoms with Crippen LogP contribution >= 0.6 is 0 Å². The van der Waals surface area contributed by atoms with Crippen molar-refractivity contribution in [3.8, 4) is 0 Å². The third-order valence-electron chi connectivity index (χ3n) is 2.47. The topological polar surface area (TPSA) is 85.1 Å². The molecule has 0 spiro atoms. The van der Waals surface area contributed by atoms with Crippen molar-refractivity contribution in [3.05, 3.63) is 18.3 Å². The number of anilines is 1. The molecule has 1 amide bonds. The first-order chi connectivity index (χ1) is 8.16. The average Bonchev–Trinajstić information content (AvgIpc) is 3.10. The van der Waals surface area contributed by atoms with Gasteiger partial charge in [-0.2, -0.15) is 0 Å². The maximum Gasteiger partial charge on any atom is 0.221 e. The summed E-state index contributed by atoms with van der Waals surface area (Å²) in [6.45, 7) is 0. The smallest absolute Gasteiger partial charge is 0.221 e. The van der Waals surface area contributed by atoms with Crippen molar-refractivity contribution in [1.29, 1.82) is 0 Å². The lowest BCUT2D eigenvalue weighted by atomic mass is 10.4. The third kappa shape index (κ3) is 3.52. The molecule has 0 aromatic carbocycles. The summed E-state index contributed by atoms with van der Waals surface area (Å²) in [7, 11) is -1.31. The monoisotopic (exact) mass is 253 g/mol. The fraction of sp³-hybridized carbons (Fsp3) is 0.455. The Kier molecular flexibility index (Phi) is 3.73. The van der Waals surface area contributed by atoms with E-state index < -0.39 is 10.8 Å². The Morgan fingerprint density at radius 1 is 1.59 bits per heavy atom. The second-order valence-corrected chi connectivity index (χ2v) is 5.53. The Bertz CT molecular complexity index is 446. The van der Waals surface area contributed by atoms with E-state index in [1.54, 1.807) is 18.3 Å². The maximum atomic E-state index is 11.9. The minimum atomic E-state index is -1.31. The first-order valence-corrected chi connectivity index (χ1v) is 6.87. The Labute approximate surface area is 102 Å². The van der Waals surface area contributed by atoms with Crippen molar-refractivity contribution >= 4 is 22.4 Å². The molecule has 6 heteroatoms. The molecule has 0 radical (unpaired) electrons. The largest absolute Gasteiger partial charge is 0.396 e.